The second kappa shape index (κ2) is 15.0. The summed E-state index contributed by atoms with van der Waals surface area (Å²) in [5.41, 5.74) is -0.126. The van der Waals surface area contributed by atoms with Gasteiger partial charge in [-0.15, -0.1) is 0 Å². The Morgan fingerprint density at radius 3 is 1.72 bits per heavy atom. The normalized spacial score (nSPS) is 14.0. The molecule has 0 saturated heterocycles. The number of amides is 3. The third-order valence-corrected chi connectivity index (χ3v) is 6.35. The number of benzene rings is 2. The average molecular weight is 596 g/mol. The second-order valence-corrected chi connectivity index (χ2v) is 13.3. The summed E-state index contributed by atoms with van der Waals surface area (Å²) in [7, 11) is 0. The summed E-state index contributed by atoms with van der Waals surface area (Å²) in [4.78, 5) is 56.0. The van der Waals surface area contributed by atoms with Crippen molar-refractivity contribution in [2.75, 3.05) is 0 Å². The first kappa shape index (κ1) is 35.3. The van der Waals surface area contributed by atoms with Crippen molar-refractivity contribution in [3.05, 3.63) is 71.8 Å². The molecule has 43 heavy (non-hydrogen) atoms. The lowest BCUT2D eigenvalue weighted by molar-refractivity contribution is -0.159. The maximum Gasteiger partial charge on any atom is 0.408 e. The Morgan fingerprint density at radius 1 is 0.744 bits per heavy atom. The summed E-state index contributed by atoms with van der Waals surface area (Å²) in [5.74, 6) is -1.88. The van der Waals surface area contributed by atoms with Gasteiger partial charge in [0.1, 0.15) is 29.3 Å². The van der Waals surface area contributed by atoms with E-state index >= 15 is 0 Å². The summed E-state index contributed by atoms with van der Waals surface area (Å²) in [6.45, 7) is 17.8. The molecule has 9 heteroatoms. The van der Waals surface area contributed by atoms with Crippen molar-refractivity contribution in [3.63, 3.8) is 0 Å². The molecule has 0 aliphatic carbocycles. The summed E-state index contributed by atoms with van der Waals surface area (Å²) >= 11 is 0. The van der Waals surface area contributed by atoms with Crippen LogP contribution in [0.5, 0.6) is 0 Å². The number of hydrogen-bond donors (Lipinski definition) is 2. The molecular weight excluding hydrogens is 546 g/mol. The van der Waals surface area contributed by atoms with Crippen LogP contribution in [0.4, 0.5) is 4.79 Å². The van der Waals surface area contributed by atoms with Gasteiger partial charge in [-0.2, -0.15) is 0 Å². The molecule has 9 nitrogen and oxygen atoms in total. The van der Waals surface area contributed by atoms with E-state index in [1.807, 2.05) is 50.2 Å². The molecular formula is C34H49N3O6. The monoisotopic (exact) mass is 595 g/mol. The molecule has 0 spiro atoms. The van der Waals surface area contributed by atoms with Crippen LogP contribution < -0.4 is 10.6 Å². The number of rotatable bonds is 11. The first-order chi connectivity index (χ1) is 19.9. The van der Waals surface area contributed by atoms with Gasteiger partial charge in [-0.25, -0.2) is 9.59 Å². The van der Waals surface area contributed by atoms with Crippen LogP contribution in [0.3, 0.4) is 0 Å². The number of carbonyl (C=O) groups is 4. The van der Waals surface area contributed by atoms with Crippen LogP contribution >= 0.6 is 0 Å². The van der Waals surface area contributed by atoms with Crippen LogP contribution in [-0.2, 0) is 30.3 Å². The van der Waals surface area contributed by atoms with Gasteiger partial charge >= 0.3 is 12.1 Å². The highest BCUT2D eigenvalue weighted by Crippen LogP contribution is 2.27. The first-order valence-electron chi connectivity index (χ1n) is 14.8. The topological polar surface area (TPSA) is 114 Å². The first-order valence-corrected chi connectivity index (χ1v) is 14.8. The van der Waals surface area contributed by atoms with Crippen LogP contribution in [0.2, 0.25) is 0 Å². The number of nitrogens with one attached hydrogen (secondary N) is 2. The predicted octanol–water partition coefficient (Wildman–Crippen LogP) is 5.58. The Hall–Kier alpha value is -3.88. The van der Waals surface area contributed by atoms with Crippen molar-refractivity contribution in [2.24, 2.45) is 5.92 Å². The van der Waals surface area contributed by atoms with E-state index < -0.39 is 59.2 Å². The lowest BCUT2D eigenvalue weighted by atomic mass is 9.97. The highest BCUT2D eigenvalue weighted by Gasteiger charge is 2.40. The minimum atomic E-state index is -1.10. The molecule has 0 saturated carbocycles. The molecule has 3 amide bonds. The third-order valence-electron chi connectivity index (χ3n) is 6.35. The summed E-state index contributed by atoms with van der Waals surface area (Å²) < 4.78 is 11.1. The van der Waals surface area contributed by atoms with Gasteiger partial charge in [0, 0.05) is 12.5 Å². The molecule has 2 N–H and O–H groups in total. The maximum atomic E-state index is 14.2. The Labute approximate surface area is 256 Å². The SMILES string of the molecule is CC(C)C(NC(=O)OC(C)(C)C)C(=O)N(C(C)C)C(C(=O)NC(Cc1ccccc1)C(=O)OC(C)(C)C)c1ccccc1. The fourth-order valence-electron chi connectivity index (χ4n) is 4.53. The Morgan fingerprint density at radius 2 is 1.26 bits per heavy atom. The molecule has 0 heterocycles. The Bertz CT molecular complexity index is 1220. The van der Waals surface area contributed by atoms with Crippen LogP contribution in [-0.4, -0.2) is 58.1 Å². The van der Waals surface area contributed by atoms with Crippen molar-refractivity contribution in [2.45, 2.75) is 111 Å². The van der Waals surface area contributed by atoms with E-state index in [4.69, 9.17) is 9.47 Å². The van der Waals surface area contributed by atoms with Crippen LogP contribution in [0.25, 0.3) is 0 Å². The number of ether oxygens (including phenoxy) is 2. The van der Waals surface area contributed by atoms with Gasteiger partial charge in [0.15, 0.2) is 0 Å². The number of esters is 1. The average Bonchev–Trinajstić information content (AvgIpc) is 2.88. The van der Waals surface area contributed by atoms with Gasteiger partial charge in [-0.1, -0.05) is 74.5 Å². The van der Waals surface area contributed by atoms with Crippen LogP contribution in [0.1, 0.15) is 86.4 Å². The highest BCUT2D eigenvalue weighted by atomic mass is 16.6. The van der Waals surface area contributed by atoms with E-state index in [9.17, 15) is 19.2 Å². The van der Waals surface area contributed by atoms with Gasteiger partial charge in [0.25, 0.3) is 0 Å². The number of carbonyl (C=O) groups excluding carboxylic acids is 4. The Balaban J connectivity index is 2.53. The van der Waals surface area contributed by atoms with Gasteiger partial charge in [-0.05, 0) is 72.4 Å². The fourth-order valence-corrected chi connectivity index (χ4v) is 4.53. The lowest BCUT2D eigenvalue weighted by Gasteiger charge is -2.38. The van der Waals surface area contributed by atoms with Gasteiger partial charge in [0.05, 0.1) is 0 Å². The summed E-state index contributed by atoms with van der Waals surface area (Å²) in [5, 5.41) is 5.61. The molecule has 2 aromatic carbocycles. The highest BCUT2D eigenvalue weighted by molar-refractivity contribution is 5.94. The van der Waals surface area contributed by atoms with E-state index in [2.05, 4.69) is 10.6 Å². The zero-order chi connectivity index (χ0) is 32.5. The summed E-state index contributed by atoms with van der Waals surface area (Å²) in [6, 6.07) is 14.7. The van der Waals surface area contributed by atoms with Crippen molar-refractivity contribution in [3.8, 4) is 0 Å². The summed E-state index contributed by atoms with van der Waals surface area (Å²) in [6.07, 6.45) is -0.523. The van der Waals surface area contributed by atoms with Gasteiger partial charge < -0.3 is 25.0 Å². The van der Waals surface area contributed by atoms with Gasteiger partial charge in [0.2, 0.25) is 11.8 Å². The molecule has 0 aliphatic rings. The van der Waals surface area contributed by atoms with Crippen LogP contribution in [0, 0.1) is 5.92 Å². The molecule has 236 valence electrons. The molecule has 0 fully saturated rings. The molecule has 2 aromatic rings. The number of hydrogen-bond acceptors (Lipinski definition) is 6. The van der Waals surface area contributed by atoms with E-state index in [1.165, 1.54) is 4.90 Å². The second-order valence-electron chi connectivity index (χ2n) is 13.3. The molecule has 3 unspecified atom stereocenters. The van der Waals surface area contributed by atoms with Crippen LogP contribution in [0.15, 0.2) is 60.7 Å². The largest absolute Gasteiger partial charge is 0.458 e. The molecule has 2 rings (SSSR count). The van der Waals surface area contributed by atoms with Crippen molar-refractivity contribution < 1.29 is 28.7 Å². The smallest absolute Gasteiger partial charge is 0.408 e. The van der Waals surface area contributed by atoms with Crippen molar-refractivity contribution in [1.82, 2.24) is 15.5 Å². The van der Waals surface area contributed by atoms with Crippen molar-refractivity contribution >= 4 is 23.9 Å². The zero-order valence-corrected chi connectivity index (χ0v) is 27.3. The molecule has 0 bridgehead atoms. The third kappa shape index (κ3) is 11.4. The minimum absolute atomic E-state index is 0.202. The number of alkyl carbamates (subject to hydrolysis) is 1. The lowest BCUT2D eigenvalue weighted by Crippen LogP contribution is -2.57. The fraction of sp³-hybridized carbons (Fsp3) is 0.529. The quantitative estimate of drug-likeness (QED) is 0.328. The van der Waals surface area contributed by atoms with E-state index in [0.717, 1.165) is 5.56 Å². The maximum absolute atomic E-state index is 14.2. The van der Waals surface area contributed by atoms with Gasteiger partial charge in [-0.3, -0.25) is 9.59 Å². The van der Waals surface area contributed by atoms with E-state index in [0.29, 0.717) is 5.56 Å². The molecule has 3 atom stereocenters. The predicted molar refractivity (Wildman–Crippen MR) is 167 cm³/mol. The molecule has 0 aliphatic heterocycles. The number of nitrogens with zero attached hydrogens (tertiary/aromatic N) is 1. The molecule has 0 radical (unpaired) electrons. The minimum Gasteiger partial charge on any atom is -0.458 e. The zero-order valence-electron chi connectivity index (χ0n) is 27.3. The Kier molecular flexibility index (Phi) is 12.3. The van der Waals surface area contributed by atoms with Crippen molar-refractivity contribution in [1.29, 1.82) is 0 Å². The van der Waals surface area contributed by atoms with E-state index in [-0.39, 0.29) is 12.3 Å². The molecule has 0 aromatic heterocycles. The standard InChI is InChI=1S/C34H49N3O6/c1-22(2)27(36-32(41)43-34(8,9)10)30(39)37(23(3)4)28(25-19-15-12-16-20-25)29(38)35-26(31(40)42-33(5,6)7)21-24-17-13-11-14-18-24/h11-20,22-23,26-28H,21H2,1-10H3,(H,35,38)(H,36,41). The van der Waals surface area contributed by atoms with E-state index in [1.54, 1.807) is 79.7 Å².